The van der Waals surface area contributed by atoms with Crippen molar-refractivity contribution in [1.29, 1.82) is 0 Å². The fourth-order valence-electron chi connectivity index (χ4n) is 1.94. The summed E-state index contributed by atoms with van der Waals surface area (Å²) in [5.41, 5.74) is 0.786. The van der Waals surface area contributed by atoms with Gasteiger partial charge in [0.25, 0.3) is 0 Å². The maximum Gasteiger partial charge on any atom is 0.242 e. The Hall–Kier alpha value is -1.91. The minimum atomic E-state index is -0.328. The number of fused-ring (bicyclic) bond motifs is 1. The van der Waals surface area contributed by atoms with Gasteiger partial charge in [-0.3, -0.25) is 4.79 Å². The van der Waals surface area contributed by atoms with Gasteiger partial charge in [-0.25, -0.2) is 0 Å². The van der Waals surface area contributed by atoms with Crippen molar-refractivity contribution < 1.29 is 14.3 Å². The van der Waals surface area contributed by atoms with Gasteiger partial charge in [-0.1, -0.05) is 19.9 Å². The molecule has 0 aromatic heterocycles. The first-order valence-corrected chi connectivity index (χ1v) is 7.00. The fraction of sp³-hybridized carbons (Fsp3) is 0.533. The third kappa shape index (κ3) is 3.56. The predicted molar refractivity (Wildman–Crippen MR) is 78.4 cm³/mol. The van der Waals surface area contributed by atoms with Crippen LogP contribution in [0.2, 0.25) is 0 Å². The van der Waals surface area contributed by atoms with Gasteiger partial charge < -0.3 is 20.1 Å². The van der Waals surface area contributed by atoms with Crippen LogP contribution >= 0.6 is 0 Å². The summed E-state index contributed by atoms with van der Waals surface area (Å²) >= 11 is 0. The number of benzene rings is 1. The molecule has 1 aliphatic heterocycles. The average Bonchev–Trinajstić information content (AvgIpc) is 2.45. The standard InChI is InChI=1S/C15H22N2O3/c1-10(2)9-16-15(18)11(3)17-12-5-4-6-13-14(12)20-8-7-19-13/h4-6,10-11,17H,7-9H2,1-3H3,(H,16,18). The smallest absolute Gasteiger partial charge is 0.242 e. The van der Waals surface area contributed by atoms with E-state index in [2.05, 4.69) is 24.5 Å². The summed E-state index contributed by atoms with van der Waals surface area (Å²) in [5, 5.41) is 6.09. The van der Waals surface area contributed by atoms with E-state index >= 15 is 0 Å². The molecule has 5 heteroatoms. The number of hydrogen-bond acceptors (Lipinski definition) is 4. The largest absolute Gasteiger partial charge is 0.486 e. The number of ether oxygens (including phenoxy) is 2. The van der Waals surface area contributed by atoms with Crippen LogP contribution in [-0.4, -0.2) is 31.7 Å². The summed E-state index contributed by atoms with van der Waals surface area (Å²) in [5.74, 6) is 1.82. The summed E-state index contributed by atoms with van der Waals surface area (Å²) in [6, 6.07) is 5.31. The first-order valence-electron chi connectivity index (χ1n) is 7.00. The number of anilines is 1. The fourth-order valence-corrected chi connectivity index (χ4v) is 1.94. The first-order chi connectivity index (χ1) is 9.58. The third-order valence-electron chi connectivity index (χ3n) is 3.02. The van der Waals surface area contributed by atoms with E-state index in [0.717, 1.165) is 11.4 Å². The Kier molecular flexibility index (Phi) is 4.71. The van der Waals surface area contributed by atoms with Crippen LogP contribution in [0.4, 0.5) is 5.69 Å². The molecule has 1 atom stereocenters. The molecule has 2 rings (SSSR count). The highest BCUT2D eigenvalue weighted by Crippen LogP contribution is 2.37. The molecule has 0 aliphatic carbocycles. The zero-order valence-corrected chi connectivity index (χ0v) is 12.2. The average molecular weight is 278 g/mol. The van der Waals surface area contributed by atoms with E-state index in [-0.39, 0.29) is 11.9 Å². The van der Waals surface area contributed by atoms with E-state index in [1.54, 1.807) is 0 Å². The number of hydrogen-bond donors (Lipinski definition) is 2. The molecule has 1 aromatic rings. The Morgan fingerprint density at radius 3 is 2.75 bits per heavy atom. The Balaban J connectivity index is 2.01. The van der Waals surface area contributed by atoms with E-state index < -0.39 is 0 Å². The molecular formula is C15H22N2O3. The monoisotopic (exact) mass is 278 g/mol. The highest BCUT2D eigenvalue weighted by molar-refractivity contribution is 5.85. The normalized spacial score (nSPS) is 14.8. The number of carbonyl (C=O) groups is 1. The molecule has 0 radical (unpaired) electrons. The lowest BCUT2D eigenvalue weighted by molar-refractivity contribution is -0.121. The van der Waals surface area contributed by atoms with E-state index in [9.17, 15) is 4.79 Å². The first kappa shape index (κ1) is 14.5. The van der Waals surface area contributed by atoms with Crippen LogP contribution in [0.1, 0.15) is 20.8 Å². The van der Waals surface area contributed by atoms with Crippen LogP contribution in [0.25, 0.3) is 0 Å². The zero-order chi connectivity index (χ0) is 14.5. The minimum Gasteiger partial charge on any atom is -0.486 e. The molecule has 1 amide bonds. The molecule has 0 saturated carbocycles. The van der Waals surface area contributed by atoms with Gasteiger partial charge in [-0.05, 0) is 25.0 Å². The Bertz CT molecular complexity index is 474. The second-order valence-electron chi connectivity index (χ2n) is 5.33. The highest BCUT2D eigenvalue weighted by Gasteiger charge is 2.19. The Labute approximate surface area is 119 Å². The van der Waals surface area contributed by atoms with Crippen LogP contribution in [0.15, 0.2) is 18.2 Å². The SMILES string of the molecule is CC(C)CNC(=O)C(C)Nc1cccc2c1OCCO2. The van der Waals surface area contributed by atoms with Crippen molar-refractivity contribution in [2.24, 2.45) is 5.92 Å². The van der Waals surface area contributed by atoms with Gasteiger partial charge in [0.1, 0.15) is 19.3 Å². The van der Waals surface area contributed by atoms with Crippen molar-refractivity contribution in [3.63, 3.8) is 0 Å². The summed E-state index contributed by atoms with van der Waals surface area (Å²) in [4.78, 5) is 12.0. The maximum atomic E-state index is 12.0. The molecule has 0 fully saturated rings. The number of amides is 1. The molecule has 0 bridgehead atoms. The van der Waals surface area contributed by atoms with Crippen LogP contribution in [0, 0.1) is 5.92 Å². The van der Waals surface area contributed by atoms with Crippen molar-refractivity contribution in [1.82, 2.24) is 5.32 Å². The molecule has 20 heavy (non-hydrogen) atoms. The van der Waals surface area contributed by atoms with E-state index in [0.29, 0.717) is 31.4 Å². The van der Waals surface area contributed by atoms with Gasteiger partial charge in [-0.2, -0.15) is 0 Å². The number of para-hydroxylation sites is 1. The lowest BCUT2D eigenvalue weighted by Gasteiger charge is -2.23. The predicted octanol–water partition coefficient (Wildman–Crippen LogP) is 2.03. The lowest BCUT2D eigenvalue weighted by atomic mass is 10.2. The van der Waals surface area contributed by atoms with Crippen LogP contribution in [-0.2, 0) is 4.79 Å². The molecule has 1 unspecified atom stereocenters. The zero-order valence-electron chi connectivity index (χ0n) is 12.2. The van der Waals surface area contributed by atoms with Gasteiger partial charge >= 0.3 is 0 Å². The quantitative estimate of drug-likeness (QED) is 0.865. The van der Waals surface area contributed by atoms with Crippen molar-refractivity contribution in [2.75, 3.05) is 25.1 Å². The van der Waals surface area contributed by atoms with Gasteiger partial charge in [0.2, 0.25) is 5.91 Å². The molecule has 1 heterocycles. The molecule has 1 aromatic carbocycles. The number of carbonyl (C=O) groups excluding carboxylic acids is 1. The second-order valence-corrected chi connectivity index (χ2v) is 5.33. The Morgan fingerprint density at radius 1 is 1.25 bits per heavy atom. The summed E-state index contributed by atoms with van der Waals surface area (Å²) in [6.07, 6.45) is 0. The number of nitrogens with one attached hydrogen (secondary N) is 2. The molecule has 110 valence electrons. The summed E-state index contributed by atoms with van der Waals surface area (Å²) < 4.78 is 11.1. The maximum absolute atomic E-state index is 12.0. The van der Waals surface area contributed by atoms with E-state index in [1.165, 1.54) is 0 Å². The topological polar surface area (TPSA) is 59.6 Å². The van der Waals surface area contributed by atoms with Crippen molar-refractivity contribution in [3.8, 4) is 11.5 Å². The van der Waals surface area contributed by atoms with E-state index in [4.69, 9.17) is 9.47 Å². The highest BCUT2D eigenvalue weighted by atomic mass is 16.6. The van der Waals surface area contributed by atoms with Crippen LogP contribution in [0.3, 0.4) is 0 Å². The van der Waals surface area contributed by atoms with Crippen LogP contribution in [0.5, 0.6) is 11.5 Å². The van der Waals surface area contributed by atoms with Crippen molar-refractivity contribution >= 4 is 11.6 Å². The lowest BCUT2D eigenvalue weighted by Crippen LogP contribution is -2.39. The van der Waals surface area contributed by atoms with Gasteiger partial charge in [-0.15, -0.1) is 0 Å². The molecule has 1 aliphatic rings. The molecular weight excluding hydrogens is 256 g/mol. The van der Waals surface area contributed by atoms with Crippen molar-refractivity contribution in [3.05, 3.63) is 18.2 Å². The summed E-state index contributed by atoms with van der Waals surface area (Å²) in [7, 11) is 0. The molecule has 0 spiro atoms. The van der Waals surface area contributed by atoms with Gasteiger partial charge in [0.15, 0.2) is 11.5 Å². The van der Waals surface area contributed by atoms with Crippen molar-refractivity contribution in [2.45, 2.75) is 26.8 Å². The molecule has 0 saturated heterocycles. The van der Waals surface area contributed by atoms with E-state index in [1.807, 2.05) is 25.1 Å². The molecule has 5 nitrogen and oxygen atoms in total. The molecule has 2 N–H and O–H groups in total. The number of rotatable bonds is 5. The summed E-state index contributed by atoms with van der Waals surface area (Å²) in [6.45, 7) is 7.73. The Morgan fingerprint density at radius 2 is 2.00 bits per heavy atom. The van der Waals surface area contributed by atoms with Crippen LogP contribution < -0.4 is 20.1 Å². The van der Waals surface area contributed by atoms with Gasteiger partial charge in [0.05, 0.1) is 5.69 Å². The van der Waals surface area contributed by atoms with Gasteiger partial charge in [0, 0.05) is 6.54 Å². The minimum absolute atomic E-state index is 0.0203. The third-order valence-corrected chi connectivity index (χ3v) is 3.02. The second kappa shape index (κ2) is 6.50.